The minimum absolute atomic E-state index is 0.297. The smallest absolute Gasteiger partial charge is 0.192 e. The molecule has 2 nitrogen and oxygen atoms in total. The summed E-state index contributed by atoms with van der Waals surface area (Å²) < 4.78 is 6.23. The zero-order valence-electron chi connectivity index (χ0n) is 10.3. The SMILES string of the molecule is CC(C)(C)[Si](C)(C)OC1CC(N=C=S)C1. The predicted octanol–water partition coefficient (Wildman–Crippen LogP) is 3.64. The molecule has 15 heavy (non-hydrogen) atoms. The quantitative estimate of drug-likeness (QED) is 0.429. The van der Waals surface area contributed by atoms with Crippen molar-refractivity contribution in [1.29, 1.82) is 0 Å². The molecule has 0 saturated heterocycles. The molecule has 0 heterocycles. The van der Waals surface area contributed by atoms with E-state index >= 15 is 0 Å². The lowest BCUT2D eigenvalue weighted by atomic mass is 9.90. The molecule has 0 spiro atoms. The van der Waals surface area contributed by atoms with E-state index in [-0.39, 0.29) is 0 Å². The number of aliphatic imine (C=N–C) groups is 1. The van der Waals surface area contributed by atoms with Crippen LogP contribution in [-0.4, -0.2) is 25.6 Å². The normalized spacial score (nSPS) is 26.7. The number of thiocarbonyl (C=S) groups is 1. The number of nitrogens with zero attached hydrogens (tertiary/aromatic N) is 1. The van der Waals surface area contributed by atoms with Gasteiger partial charge in [0.05, 0.1) is 11.2 Å². The summed E-state index contributed by atoms with van der Waals surface area (Å²) in [6, 6.07) is 0.372. The van der Waals surface area contributed by atoms with E-state index in [9.17, 15) is 0 Å². The highest BCUT2D eigenvalue weighted by molar-refractivity contribution is 7.78. The van der Waals surface area contributed by atoms with Gasteiger partial charge in [0.25, 0.3) is 0 Å². The molecule has 0 radical (unpaired) electrons. The van der Waals surface area contributed by atoms with Crippen molar-refractivity contribution in [2.45, 2.75) is 63.9 Å². The van der Waals surface area contributed by atoms with Crippen molar-refractivity contribution >= 4 is 25.7 Å². The summed E-state index contributed by atoms with van der Waals surface area (Å²) in [5.74, 6) is 0. The van der Waals surface area contributed by atoms with Crippen molar-refractivity contribution < 1.29 is 4.43 Å². The first-order valence-electron chi connectivity index (χ1n) is 5.51. The van der Waals surface area contributed by atoms with E-state index < -0.39 is 8.32 Å². The Kier molecular flexibility index (Phi) is 3.88. The molecule has 0 aliphatic heterocycles. The van der Waals surface area contributed by atoms with Crippen LogP contribution in [0.2, 0.25) is 18.1 Å². The summed E-state index contributed by atoms with van der Waals surface area (Å²) in [7, 11) is -1.58. The second-order valence-corrected chi connectivity index (χ2v) is 10.8. The monoisotopic (exact) mass is 243 g/mol. The molecule has 0 amide bonds. The average molecular weight is 243 g/mol. The van der Waals surface area contributed by atoms with E-state index in [1.807, 2.05) is 0 Å². The van der Waals surface area contributed by atoms with E-state index in [2.05, 4.69) is 56.2 Å². The van der Waals surface area contributed by atoms with Gasteiger partial charge in [0.1, 0.15) is 0 Å². The van der Waals surface area contributed by atoms with Crippen LogP contribution in [0.1, 0.15) is 33.6 Å². The molecule has 0 unspecified atom stereocenters. The zero-order chi connectivity index (χ0) is 11.7. The first-order valence-corrected chi connectivity index (χ1v) is 8.83. The largest absolute Gasteiger partial charge is 0.414 e. The van der Waals surface area contributed by atoms with Crippen LogP contribution in [0.25, 0.3) is 0 Å². The van der Waals surface area contributed by atoms with Gasteiger partial charge in [-0.15, -0.1) is 0 Å². The topological polar surface area (TPSA) is 21.6 Å². The maximum atomic E-state index is 6.23. The molecule has 1 saturated carbocycles. The highest BCUT2D eigenvalue weighted by Crippen LogP contribution is 2.40. The number of hydrogen-bond donors (Lipinski definition) is 0. The van der Waals surface area contributed by atoms with Gasteiger partial charge >= 0.3 is 0 Å². The molecule has 0 atom stereocenters. The first-order chi connectivity index (χ1) is 6.76. The molecule has 0 bridgehead atoms. The summed E-state index contributed by atoms with van der Waals surface area (Å²) in [5.41, 5.74) is 0. The van der Waals surface area contributed by atoms with Crippen molar-refractivity contribution in [1.82, 2.24) is 0 Å². The Bertz CT molecular complexity index is 273. The Balaban J connectivity index is 2.42. The molecule has 1 rings (SSSR count). The predicted molar refractivity (Wildman–Crippen MR) is 70.1 cm³/mol. The summed E-state index contributed by atoms with van der Waals surface area (Å²) >= 11 is 4.59. The van der Waals surface area contributed by atoms with Crippen LogP contribution in [0.4, 0.5) is 0 Å². The minimum atomic E-state index is -1.58. The van der Waals surface area contributed by atoms with Gasteiger partial charge in [-0.2, -0.15) is 0 Å². The van der Waals surface area contributed by atoms with Crippen molar-refractivity contribution in [3.05, 3.63) is 0 Å². The summed E-state index contributed by atoms with van der Waals surface area (Å²) in [4.78, 5) is 4.07. The Hall–Kier alpha value is -0.0231. The van der Waals surface area contributed by atoms with Crippen molar-refractivity contribution in [3.8, 4) is 0 Å². The van der Waals surface area contributed by atoms with Gasteiger partial charge in [-0.25, -0.2) is 4.99 Å². The van der Waals surface area contributed by atoms with Crippen LogP contribution in [0.3, 0.4) is 0 Å². The van der Waals surface area contributed by atoms with Gasteiger partial charge in [-0.1, -0.05) is 20.8 Å². The third-order valence-corrected chi connectivity index (χ3v) is 8.21. The molecule has 86 valence electrons. The molecular weight excluding hydrogens is 222 g/mol. The maximum Gasteiger partial charge on any atom is 0.192 e. The van der Waals surface area contributed by atoms with Crippen LogP contribution in [0, 0.1) is 0 Å². The number of isothiocyanates is 1. The highest BCUT2D eigenvalue weighted by Gasteiger charge is 2.42. The van der Waals surface area contributed by atoms with Gasteiger partial charge in [-0.3, -0.25) is 0 Å². The standard InChI is InChI=1S/C11H21NOSSi/c1-11(2,3)15(4,5)13-10-6-9(7-10)12-8-14/h9-10H,6-7H2,1-5H3. The second-order valence-electron chi connectivity index (χ2n) is 5.85. The van der Waals surface area contributed by atoms with Gasteiger partial charge in [0.2, 0.25) is 0 Å². The molecule has 1 fully saturated rings. The number of hydrogen-bond acceptors (Lipinski definition) is 3. The van der Waals surface area contributed by atoms with E-state index in [1.165, 1.54) is 0 Å². The van der Waals surface area contributed by atoms with Gasteiger partial charge in [0.15, 0.2) is 8.32 Å². The molecule has 1 aliphatic rings. The molecule has 0 aromatic heterocycles. The Morgan fingerprint density at radius 3 is 2.27 bits per heavy atom. The Morgan fingerprint density at radius 2 is 1.87 bits per heavy atom. The molecule has 0 N–H and O–H groups in total. The van der Waals surface area contributed by atoms with Crippen LogP contribution >= 0.6 is 12.2 Å². The first kappa shape index (κ1) is 13.0. The van der Waals surface area contributed by atoms with Crippen LogP contribution in [0.15, 0.2) is 4.99 Å². The lowest BCUT2D eigenvalue weighted by Gasteiger charge is -2.43. The van der Waals surface area contributed by atoms with Crippen molar-refractivity contribution in [3.63, 3.8) is 0 Å². The number of rotatable bonds is 3. The fraction of sp³-hybridized carbons (Fsp3) is 0.909. The third kappa shape index (κ3) is 3.21. The van der Waals surface area contributed by atoms with E-state index in [0.717, 1.165) is 12.8 Å². The van der Waals surface area contributed by atoms with Crippen molar-refractivity contribution in [2.24, 2.45) is 4.99 Å². The molecule has 4 heteroatoms. The van der Waals surface area contributed by atoms with E-state index in [4.69, 9.17) is 4.43 Å². The van der Waals surface area contributed by atoms with Gasteiger partial charge in [-0.05, 0) is 43.2 Å². The molecule has 1 aliphatic carbocycles. The summed E-state index contributed by atoms with van der Waals surface area (Å²) in [6.45, 7) is 11.4. The van der Waals surface area contributed by atoms with Gasteiger partial charge < -0.3 is 4.43 Å². The minimum Gasteiger partial charge on any atom is -0.414 e. The Labute approximate surface area is 99.3 Å². The third-order valence-electron chi connectivity index (χ3n) is 3.57. The summed E-state index contributed by atoms with van der Waals surface area (Å²) in [5, 5.41) is 2.74. The van der Waals surface area contributed by atoms with E-state index in [1.54, 1.807) is 0 Å². The summed E-state index contributed by atoms with van der Waals surface area (Å²) in [6.07, 6.45) is 2.45. The lowest BCUT2D eigenvalue weighted by Crippen LogP contribution is -2.48. The molecular formula is C11H21NOSSi. The maximum absolute atomic E-state index is 6.23. The van der Waals surface area contributed by atoms with E-state index in [0.29, 0.717) is 17.2 Å². The second kappa shape index (κ2) is 4.46. The lowest BCUT2D eigenvalue weighted by molar-refractivity contribution is 0.0875. The van der Waals surface area contributed by atoms with Crippen molar-refractivity contribution in [2.75, 3.05) is 0 Å². The highest BCUT2D eigenvalue weighted by atomic mass is 32.1. The van der Waals surface area contributed by atoms with Gasteiger partial charge in [0, 0.05) is 6.10 Å². The fourth-order valence-electron chi connectivity index (χ4n) is 1.41. The van der Waals surface area contributed by atoms with Crippen LogP contribution in [0.5, 0.6) is 0 Å². The molecule has 0 aromatic rings. The van der Waals surface area contributed by atoms with Crippen LogP contribution in [-0.2, 0) is 4.43 Å². The average Bonchev–Trinajstić information content (AvgIpc) is 1.98. The fourth-order valence-corrected chi connectivity index (χ4v) is 2.94. The Morgan fingerprint density at radius 1 is 1.33 bits per heavy atom. The zero-order valence-corrected chi connectivity index (χ0v) is 12.1. The van der Waals surface area contributed by atoms with Crippen LogP contribution < -0.4 is 0 Å². The molecule has 0 aromatic carbocycles.